The summed E-state index contributed by atoms with van der Waals surface area (Å²) in [6.45, 7) is 5.94. The van der Waals surface area contributed by atoms with E-state index >= 15 is 0 Å². The first kappa shape index (κ1) is 26.1. The molecule has 1 saturated heterocycles. The fourth-order valence-electron chi connectivity index (χ4n) is 4.51. The summed E-state index contributed by atoms with van der Waals surface area (Å²) in [5.41, 5.74) is 1.83. The average molecular weight is 486 g/mol. The molecule has 1 aliphatic rings. The van der Waals surface area contributed by atoms with Crippen molar-refractivity contribution in [3.05, 3.63) is 53.6 Å². The van der Waals surface area contributed by atoms with E-state index in [1.165, 1.54) is 19.1 Å². The van der Waals surface area contributed by atoms with Crippen LogP contribution >= 0.6 is 0 Å². The van der Waals surface area contributed by atoms with Crippen molar-refractivity contribution in [2.45, 2.75) is 58.3 Å². The topological polar surface area (TPSA) is 20.3 Å². The SMILES string of the molecule is CC(=O)C(CC(C)C)c1cc(-c2ccc(C(F)(F)F)cc2)cc(N2CCC(C(F)(F)F)CC2)c1. The van der Waals surface area contributed by atoms with Crippen LogP contribution in [-0.2, 0) is 11.0 Å². The summed E-state index contributed by atoms with van der Waals surface area (Å²) in [4.78, 5) is 14.3. The summed E-state index contributed by atoms with van der Waals surface area (Å²) in [6.07, 6.45) is -8.13. The van der Waals surface area contributed by atoms with E-state index in [4.69, 9.17) is 0 Å². The van der Waals surface area contributed by atoms with Gasteiger partial charge in [-0.25, -0.2) is 0 Å². The Labute approximate surface area is 196 Å². The monoisotopic (exact) mass is 485 g/mol. The molecule has 34 heavy (non-hydrogen) atoms. The van der Waals surface area contributed by atoms with Crippen LogP contribution in [0.3, 0.4) is 0 Å². The maximum absolute atomic E-state index is 13.1. The number of anilines is 1. The number of halogens is 6. The van der Waals surface area contributed by atoms with Gasteiger partial charge in [-0.3, -0.25) is 4.79 Å². The van der Waals surface area contributed by atoms with Crippen molar-refractivity contribution in [1.29, 1.82) is 0 Å². The number of rotatable bonds is 6. The van der Waals surface area contributed by atoms with E-state index in [1.54, 1.807) is 6.07 Å². The van der Waals surface area contributed by atoms with Crippen LogP contribution in [0.25, 0.3) is 11.1 Å². The van der Waals surface area contributed by atoms with Gasteiger partial charge >= 0.3 is 12.4 Å². The second-order valence-corrected chi connectivity index (χ2v) is 9.48. The van der Waals surface area contributed by atoms with Gasteiger partial charge in [0.1, 0.15) is 5.78 Å². The number of benzene rings is 2. The van der Waals surface area contributed by atoms with E-state index in [0.717, 1.165) is 17.7 Å². The third-order valence-electron chi connectivity index (χ3n) is 6.41. The van der Waals surface area contributed by atoms with Gasteiger partial charge in [-0.15, -0.1) is 0 Å². The number of ketones is 1. The maximum Gasteiger partial charge on any atom is 0.416 e. The lowest BCUT2D eigenvalue weighted by Crippen LogP contribution is -2.39. The molecule has 1 atom stereocenters. The standard InChI is InChI=1S/C26H29F6NO/c1-16(2)12-24(17(3)34)20-13-19(18-4-6-21(7-5-18)25(27,28)29)14-23(15-20)33-10-8-22(9-11-33)26(30,31)32/h4-7,13-16,22,24H,8-12H2,1-3H3. The molecule has 0 saturated carbocycles. The number of alkyl halides is 6. The van der Waals surface area contributed by atoms with Gasteiger partial charge in [0, 0.05) is 24.7 Å². The minimum Gasteiger partial charge on any atom is -0.371 e. The first-order valence-electron chi connectivity index (χ1n) is 11.4. The number of carbonyl (C=O) groups excluding carboxylic acids is 1. The van der Waals surface area contributed by atoms with E-state index < -0.39 is 29.8 Å². The number of nitrogens with zero attached hydrogens (tertiary/aromatic N) is 1. The minimum atomic E-state index is -4.45. The molecule has 1 aliphatic heterocycles. The van der Waals surface area contributed by atoms with Crippen LogP contribution < -0.4 is 4.90 Å². The molecule has 2 nitrogen and oxygen atoms in total. The third-order valence-corrected chi connectivity index (χ3v) is 6.41. The summed E-state index contributed by atoms with van der Waals surface area (Å²) in [5.74, 6) is -1.54. The van der Waals surface area contributed by atoms with Gasteiger partial charge < -0.3 is 4.90 Å². The van der Waals surface area contributed by atoms with Crippen LogP contribution in [0.15, 0.2) is 42.5 Å². The smallest absolute Gasteiger partial charge is 0.371 e. The lowest BCUT2D eigenvalue weighted by Gasteiger charge is -2.35. The first-order chi connectivity index (χ1) is 15.8. The highest BCUT2D eigenvalue weighted by molar-refractivity contribution is 5.85. The summed E-state index contributed by atoms with van der Waals surface area (Å²) in [6, 6.07) is 10.2. The minimum absolute atomic E-state index is 0.0223. The number of Topliss-reactive ketones (excluding diaryl/α,β-unsaturated/α-hetero) is 1. The predicted octanol–water partition coefficient (Wildman–Crippen LogP) is 7.87. The molecule has 8 heteroatoms. The highest BCUT2D eigenvalue weighted by Crippen LogP contribution is 2.39. The largest absolute Gasteiger partial charge is 0.416 e. The second kappa shape index (κ2) is 10.0. The molecular formula is C26H29F6NO. The molecule has 2 aromatic carbocycles. The van der Waals surface area contributed by atoms with Gasteiger partial charge in [-0.2, -0.15) is 26.3 Å². The van der Waals surface area contributed by atoms with Crippen LogP contribution in [0.1, 0.15) is 57.1 Å². The summed E-state index contributed by atoms with van der Waals surface area (Å²) < 4.78 is 78.4. The van der Waals surface area contributed by atoms with E-state index in [1.807, 2.05) is 30.9 Å². The third kappa shape index (κ3) is 6.33. The number of carbonyl (C=O) groups is 1. The van der Waals surface area contributed by atoms with Gasteiger partial charge in [0.25, 0.3) is 0 Å². The van der Waals surface area contributed by atoms with E-state index in [0.29, 0.717) is 23.2 Å². The zero-order valence-corrected chi connectivity index (χ0v) is 19.4. The molecule has 0 radical (unpaired) electrons. The van der Waals surface area contributed by atoms with Gasteiger partial charge in [-0.1, -0.05) is 32.0 Å². The zero-order valence-electron chi connectivity index (χ0n) is 19.4. The molecule has 0 bridgehead atoms. The quantitative estimate of drug-likeness (QED) is 0.388. The van der Waals surface area contributed by atoms with E-state index in [2.05, 4.69) is 0 Å². The van der Waals surface area contributed by atoms with Crippen LogP contribution in [0.5, 0.6) is 0 Å². The summed E-state index contributed by atoms with van der Waals surface area (Å²) in [5, 5.41) is 0. The number of piperidine rings is 1. The normalized spacial score (nSPS) is 16.7. The predicted molar refractivity (Wildman–Crippen MR) is 121 cm³/mol. The maximum atomic E-state index is 13.1. The molecule has 1 fully saturated rings. The Hall–Kier alpha value is -2.51. The van der Waals surface area contributed by atoms with Crippen LogP contribution in [0, 0.1) is 11.8 Å². The lowest BCUT2D eigenvalue weighted by atomic mass is 9.85. The molecule has 2 aromatic rings. The van der Waals surface area contributed by atoms with E-state index in [-0.39, 0.29) is 37.6 Å². The second-order valence-electron chi connectivity index (χ2n) is 9.48. The summed E-state index contributed by atoms with van der Waals surface area (Å²) >= 11 is 0. The Morgan fingerprint density at radius 1 is 0.941 bits per heavy atom. The highest BCUT2D eigenvalue weighted by atomic mass is 19.4. The van der Waals surface area contributed by atoms with Crippen LogP contribution in [-0.4, -0.2) is 25.0 Å². The van der Waals surface area contributed by atoms with Gasteiger partial charge in [0.15, 0.2) is 0 Å². The Bertz CT molecular complexity index is 986. The van der Waals surface area contributed by atoms with Crippen molar-refractivity contribution in [3.63, 3.8) is 0 Å². The fourth-order valence-corrected chi connectivity index (χ4v) is 4.51. The molecule has 1 unspecified atom stereocenters. The molecule has 0 aromatic heterocycles. The van der Waals surface area contributed by atoms with Crippen molar-refractivity contribution in [1.82, 2.24) is 0 Å². The van der Waals surface area contributed by atoms with E-state index in [9.17, 15) is 31.1 Å². The first-order valence-corrected chi connectivity index (χ1v) is 11.4. The van der Waals surface area contributed by atoms with Crippen molar-refractivity contribution in [2.75, 3.05) is 18.0 Å². The van der Waals surface area contributed by atoms with Crippen LogP contribution in [0.4, 0.5) is 32.0 Å². The molecule has 0 amide bonds. The van der Waals surface area contributed by atoms with Gasteiger partial charge in [-0.05, 0) is 73.1 Å². The van der Waals surface area contributed by atoms with Gasteiger partial charge in [0.05, 0.1) is 11.5 Å². The number of hydrogen-bond donors (Lipinski definition) is 0. The van der Waals surface area contributed by atoms with Gasteiger partial charge in [0.2, 0.25) is 0 Å². The van der Waals surface area contributed by atoms with Crippen LogP contribution in [0.2, 0.25) is 0 Å². The Balaban J connectivity index is 2.01. The highest BCUT2D eigenvalue weighted by Gasteiger charge is 2.41. The molecule has 0 N–H and O–H groups in total. The molecule has 0 spiro atoms. The van der Waals surface area contributed by atoms with Crippen molar-refractivity contribution < 1.29 is 31.1 Å². The van der Waals surface area contributed by atoms with Crippen molar-refractivity contribution in [3.8, 4) is 11.1 Å². The fraction of sp³-hybridized carbons (Fsp3) is 0.500. The molecular weight excluding hydrogens is 456 g/mol. The summed E-state index contributed by atoms with van der Waals surface area (Å²) in [7, 11) is 0. The Morgan fingerprint density at radius 2 is 1.53 bits per heavy atom. The lowest BCUT2D eigenvalue weighted by molar-refractivity contribution is -0.179. The number of hydrogen-bond acceptors (Lipinski definition) is 2. The Kier molecular flexibility index (Phi) is 7.68. The Morgan fingerprint density at radius 3 is 2.00 bits per heavy atom. The molecule has 3 rings (SSSR count). The molecule has 0 aliphatic carbocycles. The van der Waals surface area contributed by atoms with Crippen molar-refractivity contribution in [2.24, 2.45) is 11.8 Å². The molecule has 186 valence electrons. The zero-order chi connectivity index (χ0) is 25.3. The average Bonchev–Trinajstić information content (AvgIpc) is 2.76. The molecule has 1 heterocycles. The van der Waals surface area contributed by atoms with Crippen molar-refractivity contribution >= 4 is 11.5 Å².